The number of fused-ring (bicyclic) bond motifs is 2. The summed E-state index contributed by atoms with van der Waals surface area (Å²) in [6, 6.07) is 21.8. The van der Waals surface area contributed by atoms with Gasteiger partial charge in [0.1, 0.15) is 17.3 Å². The summed E-state index contributed by atoms with van der Waals surface area (Å²) < 4.78 is 22.2. The molecule has 0 unspecified atom stereocenters. The molecule has 4 aromatic rings. The lowest BCUT2D eigenvalue weighted by atomic mass is 10.1. The van der Waals surface area contributed by atoms with Gasteiger partial charge in [-0.3, -0.25) is 9.59 Å². The first-order chi connectivity index (χ1) is 18.1. The lowest BCUT2D eigenvalue weighted by Gasteiger charge is -2.26. The largest absolute Gasteiger partial charge is 0.496 e. The third kappa shape index (κ3) is 4.38. The van der Waals surface area contributed by atoms with Crippen LogP contribution in [0.4, 0.5) is 5.69 Å². The number of amides is 2. The average Bonchev–Trinajstić information content (AvgIpc) is 3.59. The molecule has 0 radical (unpaired) electrons. The van der Waals surface area contributed by atoms with Gasteiger partial charge in [0.15, 0.2) is 11.5 Å². The van der Waals surface area contributed by atoms with Crippen molar-refractivity contribution in [1.82, 2.24) is 4.90 Å². The maximum atomic E-state index is 13.1. The molecule has 0 fully saturated rings. The van der Waals surface area contributed by atoms with Gasteiger partial charge in [0, 0.05) is 41.9 Å². The van der Waals surface area contributed by atoms with Crippen LogP contribution in [0.25, 0.3) is 11.3 Å². The van der Waals surface area contributed by atoms with E-state index in [2.05, 4.69) is 5.32 Å². The summed E-state index contributed by atoms with van der Waals surface area (Å²) in [5.41, 5.74) is 3.47. The van der Waals surface area contributed by atoms with Crippen molar-refractivity contribution in [1.29, 1.82) is 0 Å². The van der Waals surface area contributed by atoms with Crippen molar-refractivity contribution in [2.24, 2.45) is 0 Å². The number of furan rings is 1. The van der Waals surface area contributed by atoms with Gasteiger partial charge in [-0.15, -0.1) is 0 Å². The normalized spacial score (nSPS) is 13.7. The summed E-state index contributed by atoms with van der Waals surface area (Å²) in [6.45, 7) is 1.18. The average molecular weight is 497 g/mol. The number of ether oxygens (including phenoxy) is 3. The Labute approximate surface area is 213 Å². The van der Waals surface area contributed by atoms with Crippen molar-refractivity contribution < 1.29 is 28.2 Å². The topological polar surface area (TPSA) is 90.2 Å². The fourth-order valence-electron chi connectivity index (χ4n) is 4.64. The molecule has 3 heterocycles. The number of anilines is 1. The summed E-state index contributed by atoms with van der Waals surface area (Å²) in [5.74, 6) is 2.99. The van der Waals surface area contributed by atoms with E-state index in [1.807, 2.05) is 41.3 Å². The van der Waals surface area contributed by atoms with E-state index < -0.39 is 0 Å². The SMILES string of the molecule is COc1ccccc1C(=O)Nc1cccc(-c2cc3c(o2)CCN(C(=O)c2ccc4c(c2)OCO4)C3)c1. The van der Waals surface area contributed by atoms with Crippen molar-refractivity contribution in [2.75, 3.05) is 25.8 Å². The van der Waals surface area contributed by atoms with E-state index in [4.69, 9.17) is 18.6 Å². The molecule has 0 spiro atoms. The molecule has 37 heavy (non-hydrogen) atoms. The van der Waals surface area contributed by atoms with Crippen LogP contribution in [0.1, 0.15) is 32.0 Å². The molecule has 8 nitrogen and oxygen atoms in total. The number of rotatable bonds is 5. The van der Waals surface area contributed by atoms with Gasteiger partial charge in [-0.05, 0) is 48.5 Å². The van der Waals surface area contributed by atoms with Crippen molar-refractivity contribution in [3.05, 3.63) is 95.2 Å². The Morgan fingerprint density at radius 2 is 1.81 bits per heavy atom. The summed E-state index contributed by atoms with van der Waals surface area (Å²) in [5, 5.41) is 2.93. The van der Waals surface area contributed by atoms with Crippen molar-refractivity contribution in [2.45, 2.75) is 13.0 Å². The smallest absolute Gasteiger partial charge is 0.259 e. The minimum atomic E-state index is -0.258. The van der Waals surface area contributed by atoms with Gasteiger partial charge in [-0.25, -0.2) is 0 Å². The van der Waals surface area contributed by atoms with E-state index in [1.165, 1.54) is 7.11 Å². The van der Waals surface area contributed by atoms with Gasteiger partial charge in [-0.2, -0.15) is 0 Å². The van der Waals surface area contributed by atoms with E-state index in [1.54, 1.807) is 36.4 Å². The molecule has 8 heteroatoms. The number of nitrogens with one attached hydrogen (secondary N) is 1. The second-order valence-electron chi connectivity index (χ2n) is 8.84. The van der Waals surface area contributed by atoms with Crippen LogP contribution in [-0.4, -0.2) is 37.2 Å². The molecule has 0 saturated carbocycles. The van der Waals surface area contributed by atoms with Crippen LogP contribution in [0.5, 0.6) is 17.2 Å². The van der Waals surface area contributed by atoms with Gasteiger partial charge >= 0.3 is 0 Å². The predicted molar refractivity (Wildman–Crippen MR) is 136 cm³/mol. The molecular formula is C29H24N2O6. The lowest BCUT2D eigenvalue weighted by molar-refractivity contribution is 0.0729. The minimum Gasteiger partial charge on any atom is -0.496 e. The third-order valence-corrected chi connectivity index (χ3v) is 6.53. The zero-order valence-electron chi connectivity index (χ0n) is 20.2. The minimum absolute atomic E-state index is 0.0623. The Morgan fingerprint density at radius 1 is 0.946 bits per heavy atom. The van der Waals surface area contributed by atoms with Crippen molar-refractivity contribution in [3.63, 3.8) is 0 Å². The maximum absolute atomic E-state index is 13.1. The predicted octanol–water partition coefficient (Wildman–Crippen LogP) is 5.13. The van der Waals surface area contributed by atoms with Gasteiger partial charge in [0.05, 0.1) is 12.7 Å². The third-order valence-electron chi connectivity index (χ3n) is 6.53. The van der Waals surface area contributed by atoms with Crippen LogP contribution in [-0.2, 0) is 13.0 Å². The quantitative estimate of drug-likeness (QED) is 0.412. The Hall–Kier alpha value is -4.72. The van der Waals surface area contributed by atoms with E-state index >= 15 is 0 Å². The number of para-hydroxylation sites is 1. The van der Waals surface area contributed by atoms with Gasteiger partial charge in [0.2, 0.25) is 6.79 Å². The molecular weight excluding hydrogens is 472 g/mol. The van der Waals surface area contributed by atoms with Crippen LogP contribution >= 0.6 is 0 Å². The van der Waals surface area contributed by atoms with E-state index in [-0.39, 0.29) is 18.6 Å². The Balaban J connectivity index is 1.18. The molecule has 0 saturated heterocycles. The van der Waals surface area contributed by atoms with Crippen LogP contribution in [0, 0.1) is 0 Å². The second-order valence-corrected chi connectivity index (χ2v) is 8.84. The highest BCUT2D eigenvalue weighted by atomic mass is 16.7. The Kier molecular flexibility index (Phi) is 5.76. The first-order valence-corrected chi connectivity index (χ1v) is 11.9. The van der Waals surface area contributed by atoms with E-state index in [0.29, 0.717) is 59.3 Å². The van der Waals surface area contributed by atoms with E-state index in [0.717, 1.165) is 16.9 Å². The van der Waals surface area contributed by atoms with Crippen LogP contribution < -0.4 is 19.5 Å². The summed E-state index contributed by atoms with van der Waals surface area (Å²) in [6.07, 6.45) is 0.621. The lowest BCUT2D eigenvalue weighted by Crippen LogP contribution is -2.35. The highest BCUT2D eigenvalue weighted by Crippen LogP contribution is 2.34. The second kappa shape index (κ2) is 9.39. The summed E-state index contributed by atoms with van der Waals surface area (Å²) >= 11 is 0. The summed E-state index contributed by atoms with van der Waals surface area (Å²) in [7, 11) is 1.54. The number of carbonyl (C=O) groups is 2. The molecule has 2 amide bonds. The number of hydrogen-bond acceptors (Lipinski definition) is 6. The molecule has 1 aromatic heterocycles. The molecule has 6 rings (SSSR count). The highest BCUT2D eigenvalue weighted by molar-refractivity contribution is 6.06. The molecule has 3 aromatic carbocycles. The number of nitrogens with zero attached hydrogens (tertiary/aromatic N) is 1. The molecule has 0 atom stereocenters. The van der Waals surface area contributed by atoms with Crippen LogP contribution in [0.2, 0.25) is 0 Å². The zero-order chi connectivity index (χ0) is 25.4. The monoisotopic (exact) mass is 496 g/mol. The van der Waals surface area contributed by atoms with Crippen LogP contribution in [0.3, 0.4) is 0 Å². The Bertz CT molecular complexity index is 1510. The number of benzene rings is 3. The van der Waals surface area contributed by atoms with Gasteiger partial charge < -0.3 is 28.8 Å². The number of hydrogen-bond donors (Lipinski definition) is 1. The summed E-state index contributed by atoms with van der Waals surface area (Å²) in [4.78, 5) is 27.8. The highest BCUT2D eigenvalue weighted by Gasteiger charge is 2.26. The molecule has 1 N–H and O–H groups in total. The van der Waals surface area contributed by atoms with E-state index in [9.17, 15) is 9.59 Å². The molecule has 0 aliphatic carbocycles. The van der Waals surface area contributed by atoms with Gasteiger partial charge in [-0.1, -0.05) is 24.3 Å². The fraction of sp³-hybridized carbons (Fsp3) is 0.172. The number of methoxy groups -OCH3 is 1. The number of carbonyl (C=O) groups excluding carboxylic acids is 2. The fourth-order valence-corrected chi connectivity index (χ4v) is 4.64. The molecule has 2 aliphatic rings. The molecule has 0 bridgehead atoms. The van der Waals surface area contributed by atoms with Gasteiger partial charge in [0.25, 0.3) is 11.8 Å². The Morgan fingerprint density at radius 3 is 2.70 bits per heavy atom. The molecule has 2 aliphatic heterocycles. The first-order valence-electron chi connectivity index (χ1n) is 11.9. The maximum Gasteiger partial charge on any atom is 0.259 e. The first kappa shape index (κ1) is 22.7. The standard InChI is InChI=1S/C29H24N2O6/c1-34-24-8-3-2-7-22(24)28(32)30-21-6-4-5-18(13-21)26-15-20-16-31(12-11-23(20)37-26)29(33)19-9-10-25-27(14-19)36-17-35-25/h2-10,13-15H,11-12,16-17H2,1H3,(H,30,32). The van der Waals surface area contributed by atoms with Crippen molar-refractivity contribution in [3.8, 4) is 28.6 Å². The zero-order valence-corrected chi connectivity index (χ0v) is 20.2. The van der Waals surface area contributed by atoms with Crippen LogP contribution in [0.15, 0.2) is 77.2 Å². The molecule has 186 valence electrons. The van der Waals surface area contributed by atoms with Crippen molar-refractivity contribution >= 4 is 17.5 Å².